The zero-order valence-corrected chi connectivity index (χ0v) is 50.1. The van der Waals surface area contributed by atoms with Gasteiger partial charge in [0.1, 0.15) is 0 Å². The number of nitrogens with one attached hydrogen (secondary N) is 1. The second-order valence-corrected chi connectivity index (χ2v) is 23.2. The number of carbonyl (C=O) groups is 2. The van der Waals surface area contributed by atoms with E-state index in [0.717, 1.165) is 44.9 Å². The van der Waals surface area contributed by atoms with Crippen LogP contribution in [0, 0.1) is 0 Å². The summed E-state index contributed by atoms with van der Waals surface area (Å²) in [4.78, 5) is 24.5. The van der Waals surface area contributed by atoms with Crippen LogP contribution < -0.4 is 5.32 Å². The van der Waals surface area contributed by atoms with Gasteiger partial charge in [-0.15, -0.1) is 0 Å². The summed E-state index contributed by atoms with van der Waals surface area (Å²) in [5.41, 5.74) is 0. The van der Waals surface area contributed by atoms with Crippen molar-refractivity contribution in [1.82, 2.24) is 5.32 Å². The Bertz CT molecular complexity index is 1150. The molecule has 3 N–H and O–H groups in total. The van der Waals surface area contributed by atoms with Gasteiger partial charge >= 0.3 is 5.97 Å². The van der Waals surface area contributed by atoms with Gasteiger partial charge in [-0.05, 0) is 57.8 Å². The molecule has 0 aliphatic heterocycles. The predicted molar refractivity (Wildman–Crippen MR) is 324 cm³/mol. The molecule has 0 aromatic carbocycles. The number of unbranched alkanes of at least 4 members (excludes halogenated alkanes) is 50. The summed E-state index contributed by atoms with van der Waals surface area (Å²) in [5, 5.41) is 23.1. The summed E-state index contributed by atoms with van der Waals surface area (Å²) in [6.07, 6.45) is 79.7. The molecule has 0 aromatic heterocycles. The Labute approximate surface area is 462 Å². The van der Waals surface area contributed by atoms with Crippen LogP contribution in [0.4, 0.5) is 0 Å². The Morgan fingerprint density at radius 3 is 0.959 bits per heavy atom. The minimum Gasteiger partial charge on any atom is -0.466 e. The Morgan fingerprint density at radius 2 is 0.635 bits per heavy atom. The molecule has 0 saturated carbocycles. The largest absolute Gasteiger partial charge is 0.466 e. The molecule has 74 heavy (non-hydrogen) atoms. The molecular formula is C68H131NO5. The van der Waals surface area contributed by atoms with Crippen molar-refractivity contribution in [1.29, 1.82) is 0 Å². The van der Waals surface area contributed by atoms with Crippen LogP contribution in [-0.4, -0.2) is 47.4 Å². The lowest BCUT2D eigenvalue weighted by Gasteiger charge is -2.20. The number of esters is 1. The third-order valence-corrected chi connectivity index (χ3v) is 15.7. The smallest absolute Gasteiger partial charge is 0.305 e. The Morgan fingerprint density at radius 1 is 0.365 bits per heavy atom. The monoisotopic (exact) mass is 1040 g/mol. The average Bonchev–Trinajstić information content (AvgIpc) is 3.40. The molecule has 0 heterocycles. The number of aliphatic hydroxyl groups excluding tert-OH is 2. The lowest BCUT2D eigenvalue weighted by molar-refractivity contribution is -0.143. The lowest BCUT2D eigenvalue weighted by Crippen LogP contribution is -2.45. The van der Waals surface area contributed by atoms with Gasteiger partial charge in [-0.1, -0.05) is 327 Å². The maximum absolute atomic E-state index is 12.5. The Kier molecular flexibility index (Phi) is 62.4. The van der Waals surface area contributed by atoms with Crippen molar-refractivity contribution in [3.63, 3.8) is 0 Å². The van der Waals surface area contributed by atoms with E-state index in [1.807, 2.05) is 6.08 Å². The predicted octanol–water partition coefficient (Wildman–Crippen LogP) is 21.4. The number of hydrogen-bond donors (Lipinski definition) is 3. The van der Waals surface area contributed by atoms with E-state index in [9.17, 15) is 19.8 Å². The Hall–Kier alpha value is -1.66. The van der Waals surface area contributed by atoms with Gasteiger partial charge in [0.05, 0.1) is 25.4 Å². The molecule has 0 radical (unpaired) electrons. The molecule has 0 aliphatic rings. The molecule has 2 atom stereocenters. The normalized spacial score (nSPS) is 12.6. The molecular weight excluding hydrogens is 911 g/mol. The second-order valence-electron chi connectivity index (χ2n) is 23.2. The first-order chi connectivity index (χ1) is 36.5. The van der Waals surface area contributed by atoms with E-state index in [-0.39, 0.29) is 18.5 Å². The highest BCUT2D eigenvalue weighted by atomic mass is 16.5. The number of hydrogen-bond acceptors (Lipinski definition) is 5. The van der Waals surface area contributed by atoms with Crippen molar-refractivity contribution in [3.8, 4) is 0 Å². The minimum absolute atomic E-state index is 0.0116. The molecule has 0 spiro atoms. The summed E-state index contributed by atoms with van der Waals surface area (Å²) in [7, 11) is 0. The fraction of sp³-hybridized carbons (Fsp3) is 0.912. The van der Waals surface area contributed by atoms with Crippen LogP contribution in [0.25, 0.3) is 0 Å². The van der Waals surface area contributed by atoms with Gasteiger partial charge in [-0.25, -0.2) is 0 Å². The number of allylic oxidation sites excluding steroid dienone is 3. The third-order valence-electron chi connectivity index (χ3n) is 15.7. The van der Waals surface area contributed by atoms with E-state index in [1.165, 1.54) is 302 Å². The van der Waals surface area contributed by atoms with Crippen LogP contribution >= 0.6 is 0 Å². The number of carbonyl (C=O) groups excluding carboxylic acids is 2. The van der Waals surface area contributed by atoms with E-state index in [0.29, 0.717) is 19.4 Å². The van der Waals surface area contributed by atoms with Gasteiger partial charge in [0.15, 0.2) is 0 Å². The van der Waals surface area contributed by atoms with Gasteiger partial charge < -0.3 is 20.3 Å². The number of ether oxygens (including phenoxy) is 1. The number of aliphatic hydroxyl groups is 2. The molecule has 0 saturated heterocycles. The van der Waals surface area contributed by atoms with Crippen molar-refractivity contribution >= 4 is 11.9 Å². The molecule has 0 aromatic rings. The van der Waals surface area contributed by atoms with Gasteiger partial charge in [0.25, 0.3) is 0 Å². The lowest BCUT2D eigenvalue weighted by atomic mass is 10.0. The van der Waals surface area contributed by atoms with Crippen LogP contribution in [0.5, 0.6) is 0 Å². The average molecular weight is 1040 g/mol. The summed E-state index contributed by atoms with van der Waals surface area (Å²) < 4.78 is 5.49. The maximum atomic E-state index is 12.5. The first-order valence-electron chi connectivity index (χ1n) is 33.6. The van der Waals surface area contributed by atoms with E-state index in [2.05, 4.69) is 31.3 Å². The maximum Gasteiger partial charge on any atom is 0.305 e. The molecule has 6 heteroatoms. The summed E-state index contributed by atoms with van der Waals surface area (Å²) in [5.74, 6) is -0.0512. The molecule has 0 rings (SSSR count). The van der Waals surface area contributed by atoms with Gasteiger partial charge in [0, 0.05) is 12.8 Å². The van der Waals surface area contributed by atoms with Gasteiger partial charge in [-0.3, -0.25) is 9.59 Å². The fourth-order valence-corrected chi connectivity index (χ4v) is 10.6. The van der Waals surface area contributed by atoms with Gasteiger partial charge in [-0.2, -0.15) is 0 Å². The highest BCUT2D eigenvalue weighted by Gasteiger charge is 2.18. The third kappa shape index (κ3) is 59.6. The Balaban J connectivity index is 3.33. The standard InChI is InChI=1S/C68H131NO5/c1-3-5-7-9-11-13-15-17-38-42-46-50-54-58-62-68(73)74-63-59-55-51-47-43-39-35-33-31-29-27-25-23-21-19-18-20-22-24-26-28-30-32-34-37-41-45-49-53-57-61-67(72)69-65(64-70)66(71)60-56-52-48-44-40-36-16-14-12-10-8-6-4-2/h15,17,56,60,65-66,70-71H,3-14,16,18-55,57-59,61-64H2,1-2H3,(H,69,72)/b17-15-,60-56+. The molecule has 0 aliphatic carbocycles. The highest BCUT2D eigenvalue weighted by Crippen LogP contribution is 2.18. The molecule has 6 nitrogen and oxygen atoms in total. The van der Waals surface area contributed by atoms with Crippen LogP contribution in [0.1, 0.15) is 373 Å². The quantitative estimate of drug-likeness (QED) is 0.0320. The van der Waals surface area contributed by atoms with E-state index >= 15 is 0 Å². The molecule has 0 bridgehead atoms. The van der Waals surface area contributed by atoms with E-state index in [4.69, 9.17) is 4.74 Å². The van der Waals surface area contributed by atoms with E-state index < -0.39 is 12.1 Å². The zero-order chi connectivity index (χ0) is 53.6. The van der Waals surface area contributed by atoms with Crippen molar-refractivity contribution in [3.05, 3.63) is 24.3 Å². The van der Waals surface area contributed by atoms with Crippen molar-refractivity contribution < 1.29 is 24.5 Å². The SMILES string of the molecule is CCCCCCC/C=C\CCCCCCCC(=O)OCCCCCCCCCCCCCCCCCCCCCCCCCCCCCCCCC(=O)NC(CO)C(O)/C=C/CCCCCCCCCCCCC. The van der Waals surface area contributed by atoms with Gasteiger partial charge in [0.2, 0.25) is 5.91 Å². The topological polar surface area (TPSA) is 95.9 Å². The summed E-state index contributed by atoms with van der Waals surface area (Å²) in [6.45, 7) is 4.91. The molecule has 2 unspecified atom stereocenters. The number of amides is 1. The minimum atomic E-state index is -0.840. The van der Waals surface area contributed by atoms with Crippen LogP contribution in [-0.2, 0) is 14.3 Å². The molecule has 0 fully saturated rings. The second kappa shape index (κ2) is 63.9. The van der Waals surface area contributed by atoms with Crippen molar-refractivity contribution in [2.45, 2.75) is 386 Å². The van der Waals surface area contributed by atoms with Crippen molar-refractivity contribution in [2.75, 3.05) is 13.2 Å². The zero-order valence-electron chi connectivity index (χ0n) is 50.1. The highest BCUT2D eigenvalue weighted by molar-refractivity contribution is 5.76. The van der Waals surface area contributed by atoms with E-state index in [1.54, 1.807) is 6.08 Å². The van der Waals surface area contributed by atoms with Crippen molar-refractivity contribution in [2.24, 2.45) is 0 Å². The first kappa shape index (κ1) is 72.3. The molecule has 1 amide bonds. The van der Waals surface area contributed by atoms with Crippen LogP contribution in [0.2, 0.25) is 0 Å². The number of rotatable bonds is 63. The summed E-state index contributed by atoms with van der Waals surface area (Å²) >= 11 is 0. The molecule has 438 valence electrons. The van der Waals surface area contributed by atoms with Crippen LogP contribution in [0.3, 0.4) is 0 Å². The van der Waals surface area contributed by atoms with Crippen LogP contribution in [0.15, 0.2) is 24.3 Å². The first-order valence-corrected chi connectivity index (χ1v) is 33.6. The summed E-state index contributed by atoms with van der Waals surface area (Å²) in [6, 6.07) is -0.624. The fourth-order valence-electron chi connectivity index (χ4n) is 10.6.